The van der Waals surface area contributed by atoms with Gasteiger partial charge in [-0.15, -0.1) is 0 Å². The summed E-state index contributed by atoms with van der Waals surface area (Å²) in [6.07, 6.45) is 0. The molecule has 1 atom stereocenters. The number of nitrogens with zero attached hydrogens (tertiary/aromatic N) is 1. The minimum Gasteiger partial charge on any atom is -0.347 e. The Balaban J connectivity index is 2.51. The van der Waals surface area contributed by atoms with E-state index in [4.69, 9.17) is 5.73 Å². The quantitative estimate of drug-likeness (QED) is 0.764. The van der Waals surface area contributed by atoms with Gasteiger partial charge in [-0.2, -0.15) is 0 Å². The van der Waals surface area contributed by atoms with E-state index in [0.717, 1.165) is 5.56 Å². The molecule has 0 aliphatic carbocycles. The van der Waals surface area contributed by atoms with Crippen molar-refractivity contribution in [2.45, 2.75) is 6.04 Å². The van der Waals surface area contributed by atoms with Crippen molar-refractivity contribution in [2.24, 2.45) is 5.73 Å². The fourth-order valence-corrected chi connectivity index (χ4v) is 1.24. The minimum atomic E-state index is -0.744. The van der Waals surface area contributed by atoms with Crippen LogP contribution in [0.4, 0.5) is 0 Å². The average molecular weight is 235 g/mol. The number of nitrogens with one attached hydrogen (secondary N) is 1. The maximum atomic E-state index is 11.7. The monoisotopic (exact) mass is 235 g/mol. The van der Waals surface area contributed by atoms with E-state index in [1.54, 1.807) is 26.2 Å². The maximum Gasteiger partial charge on any atom is 0.241 e. The Kier molecular flexibility index (Phi) is 4.66. The lowest BCUT2D eigenvalue weighted by molar-refractivity contribution is -0.131. The van der Waals surface area contributed by atoms with Crippen molar-refractivity contribution in [3.8, 4) is 0 Å². The SMILES string of the molecule is CN(C)C(=O)CNC(=O)[C@@H](N)c1ccccc1. The molecule has 3 N–H and O–H groups in total. The Bertz CT molecular complexity index is 390. The topological polar surface area (TPSA) is 75.4 Å². The first-order valence-corrected chi connectivity index (χ1v) is 5.30. The van der Waals surface area contributed by atoms with Gasteiger partial charge in [-0.3, -0.25) is 9.59 Å². The molecule has 1 aromatic carbocycles. The third-order valence-electron chi connectivity index (χ3n) is 2.35. The van der Waals surface area contributed by atoms with E-state index in [9.17, 15) is 9.59 Å². The zero-order valence-electron chi connectivity index (χ0n) is 10.0. The van der Waals surface area contributed by atoms with Crippen LogP contribution in [-0.4, -0.2) is 37.4 Å². The zero-order chi connectivity index (χ0) is 12.8. The van der Waals surface area contributed by atoms with Gasteiger partial charge in [0.25, 0.3) is 0 Å². The molecule has 0 aliphatic heterocycles. The van der Waals surface area contributed by atoms with Crippen molar-refractivity contribution in [2.75, 3.05) is 20.6 Å². The second kappa shape index (κ2) is 6.00. The number of nitrogens with two attached hydrogens (primary N) is 1. The first kappa shape index (κ1) is 13.2. The molecule has 5 heteroatoms. The van der Waals surface area contributed by atoms with Gasteiger partial charge in [-0.1, -0.05) is 30.3 Å². The first-order valence-electron chi connectivity index (χ1n) is 5.30. The van der Waals surface area contributed by atoms with E-state index in [0.29, 0.717) is 0 Å². The molecule has 0 unspecified atom stereocenters. The number of hydrogen-bond acceptors (Lipinski definition) is 3. The smallest absolute Gasteiger partial charge is 0.241 e. The Hall–Kier alpha value is -1.88. The lowest BCUT2D eigenvalue weighted by atomic mass is 10.1. The van der Waals surface area contributed by atoms with Crippen molar-refractivity contribution < 1.29 is 9.59 Å². The van der Waals surface area contributed by atoms with Gasteiger partial charge in [0.2, 0.25) is 11.8 Å². The number of carbonyl (C=O) groups is 2. The predicted octanol–water partition coefficient (Wildman–Crippen LogP) is -0.109. The summed E-state index contributed by atoms with van der Waals surface area (Å²) in [5.74, 6) is -0.523. The molecule has 0 saturated heterocycles. The molecular formula is C12H17N3O2. The molecule has 17 heavy (non-hydrogen) atoms. The second-order valence-electron chi connectivity index (χ2n) is 3.89. The van der Waals surface area contributed by atoms with Crippen molar-refractivity contribution in [1.29, 1.82) is 0 Å². The van der Waals surface area contributed by atoms with E-state index in [1.165, 1.54) is 4.90 Å². The minimum absolute atomic E-state index is 0.0354. The average Bonchev–Trinajstić information content (AvgIpc) is 2.35. The number of likely N-dealkylation sites (N-methyl/N-ethyl adjacent to an activating group) is 1. The Labute approximate surface area is 101 Å². The summed E-state index contributed by atoms with van der Waals surface area (Å²) < 4.78 is 0. The molecule has 0 aliphatic rings. The summed E-state index contributed by atoms with van der Waals surface area (Å²) in [4.78, 5) is 24.4. The van der Waals surface area contributed by atoms with Crippen LogP contribution in [0.2, 0.25) is 0 Å². The molecule has 5 nitrogen and oxygen atoms in total. The highest BCUT2D eigenvalue weighted by Crippen LogP contribution is 2.08. The van der Waals surface area contributed by atoms with Gasteiger partial charge >= 0.3 is 0 Å². The summed E-state index contributed by atoms with van der Waals surface area (Å²) >= 11 is 0. The van der Waals surface area contributed by atoms with Gasteiger partial charge < -0.3 is 16.0 Å². The zero-order valence-corrected chi connectivity index (χ0v) is 10.0. The van der Waals surface area contributed by atoms with E-state index < -0.39 is 6.04 Å². The summed E-state index contributed by atoms with van der Waals surface area (Å²) in [6, 6.07) is 8.28. The fraction of sp³-hybridized carbons (Fsp3) is 0.333. The van der Waals surface area contributed by atoms with Crippen molar-refractivity contribution >= 4 is 11.8 Å². The lowest BCUT2D eigenvalue weighted by Gasteiger charge is -2.14. The molecule has 1 aromatic rings. The highest BCUT2D eigenvalue weighted by molar-refractivity contribution is 5.87. The Morgan fingerprint density at radius 1 is 1.29 bits per heavy atom. The van der Waals surface area contributed by atoms with Crippen LogP contribution >= 0.6 is 0 Å². The number of carbonyl (C=O) groups excluding carboxylic acids is 2. The fourth-order valence-electron chi connectivity index (χ4n) is 1.24. The molecule has 92 valence electrons. The Morgan fingerprint density at radius 3 is 2.41 bits per heavy atom. The van der Waals surface area contributed by atoms with E-state index in [-0.39, 0.29) is 18.4 Å². The van der Waals surface area contributed by atoms with Gasteiger partial charge in [-0.05, 0) is 5.56 Å². The number of hydrogen-bond donors (Lipinski definition) is 2. The molecule has 0 radical (unpaired) electrons. The van der Waals surface area contributed by atoms with Crippen LogP contribution in [0.1, 0.15) is 11.6 Å². The van der Waals surface area contributed by atoms with Crippen LogP contribution < -0.4 is 11.1 Å². The molecule has 1 rings (SSSR count). The van der Waals surface area contributed by atoms with Gasteiger partial charge in [0.05, 0.1) is 6.54 Å². The molecule has 0 fully saturated rings. The van der Waals surface area contributed by atoms with Gasteiger partial charge in [0, 0.05) is 14.1 Å². The van der Waals surface area contributed by atoms with E-state index in [2.05, 4.69) is 5.32 Å². The van der Waals surface area contributed by atoms with Crippen LogP contribution in [0.25, 0.3) is 0 Å². The molecule has 0 spiro atoms. The van der Waals surface area contributed by atoms with Gasteiger partial charge in [0.1, 0.15) is 6.04 Å². The van der Waals surface area contributed by atoms with E-state index in [1.807, 2.05) is 18.2 Å². The lowest BCUT2D eigenvalue weighted by Crippen LogP contribution is -2.40. The number of rotatable bonds is 4. The predicted molar refractivity (Wildman–Crippen MR) is 65.1 cm³/mol. The third-order valence-corrected chi connectivity index (χ3v) is 2.35. The van der Waals surface area contributed by atoms with Crippen LogP contribution in [-0.2, 0) is 9.59 Å². The highest BCUT2D eigenvalue weighted by atomic mass is 16.2. The highest BCUT2D eigenvalue weighted by Gasteiger charge is 2.16. The third kappa shape index (κ3) is 3.88. The summed E-state index contributed by atoms with van der Waals surface area (Å²) in [6.45, 7) is -0.0354. The summed E-state index contributed by atoms with van der Waals surface area (Å²) in [7, 11) is 3.26. The molecule has 2 amide bonds. The van der Waals surface area contributed by atoms with Crippen LogP contribution in [0.5, 0.6) is 0 Å². The number of amides is 2. The number of benzene rings is 1. The Morgan fingerprint density at radius 2 is 1.88 bits per heavy atom. The normalized spacial score (nSPS) is 11.7. The molecule has 0 saturated carbocycles. The van der Waals surface area contributed by atoms with Crippen LogP contribution in [0.3, 0.4) is 0 Å². The molecule has 0 aromatic heterocycles. The molecule has 0 bridgehead atoms. The molecule has 0 heterocycles. The van der Waals surface area contributed by atoms with Crippen molar-refractivity contribution in [3.63, 3.8) is 0 Å². The van der Waals surface area contributed by atoms with Gasteiger partial charge in [-0.25, -0.2) is 0 Å². The summed E-state index contributed by atoms with van der Waals surface area (Å²) in [5, 5.41) is 2.51. The van der Waals surface area contributed by atoms with Crippen LogP contribution in [0.15, 0.2) is 30.3 Å². The first-order chi connectivity index (χ1) is 8.02. The van der Waals surface area contributed by atoms with Crippen molar-refractivity contribution in [3.05, 3.63) is 35.9 Å². The van der Waals surface area contributed by atoms with Crippen molar-refractivity contribution in [1.82, 2.24) is 10.2 Å². The second-order valence-corrected chi connectivity index (χ2v) is 3.89. The standard InChI is InChI=1S/C12H17N3O2/c1-15(2)10(16)8-14-12(17)11(13)9-6-4-3-5-7-9/h3-7,11H,8,13H2,1-2H3,(H,14,17)/t11-/m0/s1. The van der Waals surface area contributed by atoms with Crippen LogP contribution in [0, 0.1) is 0 Å². The molecular weight excluding hydrogens is 218 g/mol. The largest absolute Gasteiger partial charge is 0.347 e. The van der Waals surface area contributed by atoms with E-state index >= 15 is 0 Å². The maximum absolute atomic E-state index is 11.7. The van der Waals surface area contributed by atoms with Gasteiger partial charge in [0.15, 0.2) is 0 Å². The summed E-state index contributed by atoms with van der Waals surface area (Å²) in [5.41, 5.74) is 6.49.